The Balaban J connectivity index is 1.30. The number of fused-ring (bicyclic) bond motifs is 2. The number of amides is 1. The highest BCUT2D eigenvalue weighted by molar-refractivity contribution is 6.04. The summed E-state index contributed by atoms with van der Waals surface area (Å²) >= 11 is 0. The van der Waals surface area contributed by atoms with E-state index >= 15 is 0 Å². The van der Waals surface area contributed by atoms with Crippen LogP contribution in [0.25, 0.3) is 21.5 Å². The van der Waals surface area contributed by atoms with E-state index in [0.717, 1.165) is 27.1 Å². The van der Waals surface area contributed by atoms with Crippen LogP contribution in [0.1, 0.15) is 21.5 Å². The lowest BCUT2D eigenvalue weighted by atomic mass is 10.0. The number of nitrogens with one attached hydrogen (secondary N) is 1. The van der Waals surface area contributed by atoms with E-state index in [1.54, 1.807) is 18.2 Å². The van der Waals surface area contributed by atoms with Crippen LogP contribution in [0.15, 0.2) is 108 Å². The molecule has 0 aliphatic heterocycles. The third kappa shape index (κ3) is 5.65. The molecule has 0 saturated carbocycles. The van der Waals surface area contributed by atoms with Crippen LogP contribution in [0.5, 0.6) is 11.5 Å². The molecule has 0 fully saturated rings. The fourth-order valence-electron chi connectivity index (χ4n) is 3.95. The van der Waals surface area contributed by atoms with E-state index in [2.05, 4.69) is 10.5 Å². The van der Waals surface area contributed by atoms with Crippen LogP contribution in [-0.4, -0.2) is 24.7 Å². The van der Waals surface area contributed by atoms with Gasteiger partial charge in [0, 0.05) is 5.56 Å². The minimum Gasteiger partial charge on any atom is -0.484 e. The second-order valence-corrected chi connectivity index (χ2v) is 8.54. The summed E-state index contributed by atoms with van der Waals surface area (Å²) in [5, 5.41) is 8.02. The van der Waals surface area contributed by atoms with Crippen molar-refractivity contribution in [1.82, 2.24) is 5.43 Å². The van der Waals surface area contributed by atoms with Crippen molar-refractivity contribution in [2.45, 2.75) is 6.92 Å². The number of hydrazone groups is 1. The topological polar surface area (TPSA) is 77.0 Å². The van der Waals surface area contributed by atoms with Crippen molar-refractivity contribution >= 4 is 39.6 Å². The first-order valence-electron chi connectivity index (χ1n) is 11.8. The average Bonchev–Trinajstić information content (AvgIpc) is 2.93. The minimum atomic E-state index is -0.474. The van der Waals surface area contributed by atoms with Gasteiger partial charge in [-0.1, -0.05) is 78.4 Å². The Morgan fingerprint density at radius 3 is 2.32 bits per heavy atom. The summed E-state index contributed by atoms with van der Waals surface area (Å²) in [5.41, 5.74) is 4.56. The number of carbonyl (C=O) groups is 2. The molecule has 37 heavy (non-hydrogen) atoms. The molecule has 1 amide bonds. The standard InChI is InChI=1S/C31H24N2O4/c1-21-10-12-24(13-11-21)31(35)37-29-17-15-23-7-4-5-9-27(23)28(29)19-32-33-30(34)20-36-26-16-14-22-6-2-3-8-25(22)18-26/h2-19H,20H2,1H3,(H,33,34). The fraction of sp³-hybridized carbons (Fsp3) is 0.0645. The molecule has 0 aliphatic carbocycles. The minimum absolute atomic E-state index is 0.194. The molecule has 0 aromatic heterocycles. The van der Waals surface area contributed by atoms with Gasteiger partial charge in [0.25, 0.3) is 5.91 Å². The number of hydrogen-bond donors (Lipinski definition) is 1. The van der Waals surface area contributed by atoms with Gasteiger partial charge in [0.05, 0.1) is 11.8 Å². The Kier molecular flexibility index (Phi) is 6.90. The Labute approximate surface area is 214 Å². The number of benzene rings is 5. The zero-order valence-corrected chi connectivity index (χ0v) is 20.2. The lowest BCUT2D eigenvalue weighted by molar-refractivity contribution is -0.123. The van der Waals surface area contributed by atoms with Crippen LogP contribution in [0.4, 0.5) is 0 Å². The summed E-state index contributed by atoms with van der Waals surface area (Å²) < 4.78 is 11.3. The molecule has 0 spiro atoms. The highest BCUT2D eigenvalue weighted by atomic mass is 16.5. The van der Waals surface area contributed by atoms with Crippen molar-refractivity contribution < 1.29 is 19.1 Å². The van der Waals surface area contributed by atoms with E-state index in [-0.39, 0.29) is 6.61 Å². The number of rotatable bonds is 7. The summed E-state index contributed by atoms with van der Waals surface area (Å²) in [6.45, 7) is 1.76. The predicted molar refractivity (Wildman–Crippen MR) is 145 cm³/mol. The van der Waals surface area contributed by atoms with Crippen molar-refractivity contribution in [1.29, 1.82) is 0 Å². The molecule has 0 heterocycles. The van der Waals surface area contributed by atoms with Crippen molar-refractivity contribution in [3.63, 3.8) is 0 Å². The van der Waals surface area contributed by atoms with E-state index in [9.17, 15) is 9.59 Å². The second kappa shape index (κ2) is 10.7. The Bertz CT molecular complexity index is 1620. The van der Waals surface area contributed by atoms with Gasteiger partial charge in [-0.3, -0.25) is 4.79 Å². The van der Waals surface area contributed by atoms with E-state index in [1.165, 1.54) is 6.21 Å². The molecule has 0 radical (unpaired) electrons. The Morgan fingerprint density at radius 2 is 1.51 bits per heavy atom. The first kappa shape index (κ1) is 23.8. The summed E-state index contributed by atoms with van der Waals surface area (Å²) in [4.78, 5) is 25.1. The molecule has 0 unspecified atom stereocenters. The maximum atomic E-state index is 12.7. The van der Waals surface area contributed by atoms with E-state index in [4.69, 9.17) is 9.47 Å². The lowest BCUT2D eigenvalue weighted by Crippen LogP contribution is -2.24. The monoisotopic (exact) mass is 488 g/mol. The number of nitrogens with zero attached hydrogens (tertiary/aromatic N) is 1. The van der Waals surface area contributed by atoms with Crippen molar-refractivity contribution in [2.75, 3.05) is 6.61 Å². The normalized spacial score (nSPS) is 11.1. The zero-order valence-electron chi connectivity index (χ0n) is 20.2. The Morgan fingerprint density at radius 1 is 0.811 bits per heavy atom. The summed E-state index contributed by atoms with van der Waals surface area (Å²) in [7, 11) is 0. The smallest absolute Gasteiger partial charge is 0.343 e. The molecular weight excluding hydrogens is 464 g/mol. The number of ether oxygens (including phenoxy) is 2. The molecule has 5 aromatic rings. The molecule has 0 saturated heterocycles. The second-order valence-electron chi connectivity index (χ2n) is 8.54. The van der Waals surface area contributed by atoms with Crippen LogP contribution in [-0.2, 0) is 4.79 Å². The number of carbonyl (C=O) groups excluding carboxylic acids is 2. The van der Waals surface area contributed by atoms with Gasteiger partial charge in [-0.25, -0.2) is 10.2 Å². The van der Waals surface area contributed by atoms with Gasteiger partial charge in [-0.05, 0) is 58.8 Å². The summed E-state index contributed by atoms with van der Waals surface area (Å²) in [6.07, 6.45) is 1.48. The SMILES string of the molecule is Cc1ccc(C(=O)Oc2ccc3ccccc3c2C=NNC(=O)COc2ccc3ccccc3c2)cc1. The van der Waals surface area contributed by atoms with Crippen LogP contribution < -0.4 is 14.9 Å². The van der Waals surface area contributed by atoms with E-state index in [0.29, 0.717) is 22.6 Å². The van der Waals surface area contributed by atoms with Gasteiger partial charge in [0.2, 0.25) is 0 Å². The lowest BCUT2D eigenvalue weighted by Gasteiger charge is -2.11. The van der Waals surface area contributed by atoms with Crippen LogP contribution in [0.3, 0.4) is 0 Å². The molecule has 1 N–H and O–H groups in total. The Hall–Kier alpha value is -4.97. The first-order valence-corrected chi connectivity index (χ1v) is 11.8. The molecule has 182 valence electrons. The highest BCUT2D eigenvalue weighted by Crippen LogP contribution is 2.27. The highest BCUT2D eigenvalue weighted by Gasteiger charge is 2.13. The van der Waals surface area contributed by atoms with E-state index < -0.39 is 11.9 Å². The molecule has 5 rings (SSSR count). The van der Waals surface area contributed by atoms with Gasteiger partial charge >= 0.3 is 5.97 Å². The molecule has 6 nitrogen and oxygen atoms in total. The number of aryl methyl sites for hydroxylation is 1. The molecule has 5 aromatic carbocycles. The third-order valence-corrected chi connectivity index (χ3v) is 5.89. The van der Waals surface area contributed by atoms with E-state index in [1.807, 2.05) is 91.9 Å². The molecule has 0 aliphatic rings. The molecule has 0 atom stereocenters. The van der Waals surface area contributed by atoms with Gasteiger partial charge in [0.1, 0.15) is 11.5 Å². The van der Waals surface area contributed by atoms with Crippen molar-refractivity contribution in [2.24, 2.45) is 5.10 Å². The molecular formula is C31H24N2O4. The average molecular weight is 489 g/mol. The van der Waals surface area contributed by atoms with Crippen LogP contribution in [0, 0.1) is 6.92 Å². The van der Waals surface area contributed by atoms with Gasteiger partial charge in [0.15, 0.2) is 6.61 Å². The maximum Gasteiger partial charge on any atom is 0.343 e. The van der Waals surface area contributed by atoms with Gasteiger partial charge < -0.3 is 9.47 Å². The molecule has 0 bridgehead atoms. The van der Waals surface area contributed by atoms with Gasteiger partial charge in [-0.15, -0.1) is 0 Å². The van der Waals surface area contributed by atoms with Gasteiger partial charge in [-0.2, -0.15) is 5.10 Å². The zero-order chi connectivity index (χ0) is 25.6. The number of esters is 1. The largest absolute Gasteiger partial charge is 0.484 e. The first-order chi connectivity index (χ1) is 18.1. The third-order valence-electron chi connectivity index (χ3n) is 5.89. The van der Waals surface area contributed by atoms with Crippen LogP contribution >= 0.6 is 0 Å². The number of hydrogen-bond acceptors (Lipinski definition) is 5. The quantitative estimate of drug-likeness (QED) is 0.131. The van der Waals surface area contributed by atoms with Crippen molar-refractivity contribution in [3.05, 3.63) is 120 Å². The fourth-order valence-corrected chi connectivity index (χ4v) is 3.95. The van der Waals surface area contributed by atoms with Crippen LogP contribution in [0.2, 0.25) is 0 Å². The summed E-state index contributed by atoms with van der Waals surface area (Å²) in [5.74, 6) is 0.0486. The van der Waals surface area contributed by atoms with Crippen molar-refractivity contribution in [3.8, 4) is 11.5 Å². The predicted octanol–water partition coefficient (Wildman–Crippen LogP) is 6.05. The molecule has 6 heteroatoms. The summed E-state index contributed by atoms with van der Waals surface area (Å²) in [6, 6.07) is 32.0. The maximum absolute atomic E-state index is 12.7.